The molecule has 0 aliphatic carbocycles. The third-order valence-electron chi connectivity index (χ3n) is 14.2. The number of carbonyl (C=O) groups is 4. The lowest BCUT2D eigenvalue weighted by molar-refractivity contribution is 0.0588. The molecule has 0 bridgehead atoms. The van der Waals surface area contributed by atoms with E-state index in [1.54, 1.807) is 55.5 Å². The molecule has 8 rings (SSSR count). The van der Waals surface area contributed by atoms with Crippen molar-refractivity contribution in [3.05, 3.63) is 225 Å². The Hall–Kier alpha value is -9.60. The van der Waals surface area contributed by atoms with Crippen LogP contribution in [0.15, 0.2) is 170 Å². The third kappa shape index (κ3) is 19.2. The monoisotopic (exact) mass is 1210 g/mol. The van der Waals surface area contributed by atoms with Gasteiger partial charge in [-0.05, 0) is 116 Å². The van der Waals surface area contributed by atoms with Crippen molar-refractivity contribution in [2.75, 3.05) is 47.3 Å². The summed E-state index contributed by atoms with van der Waals surface area (Å²) in [6, 6.07) is 52.0. The zero-order valence-electron chi connectivity index (χ0n) is 51.9. The average Bonchev–Trinajstić information content (AvgIpc) is 2.54. The maximum Gasteiger partial charge on any atom is 0.341 e. The maximum absolute atomic E-state index is 12.5. The minimum absolute atomic E-state index is 0.0504. The summed E-state index contributed by atoms with van der Waals surface area (Å²) in [6.45, 7) is 11.4. The fourth-order valence-corrected chi connectivity index (χ4v) is 9.62. The molecule has 0 fully saturated rings. The highest BCUT2D eigenvalue weighted by atomic mass is 16.5. The van der Waals surface area contributed by atoms with Crippen molar-refractivity contribution >= 4 is 23.5 Å². The van der Waals surface area contributed by atoms with E-state index in [0.29, 0.717) is 126 Å². The highest BCUT2D eigenvalue weighted by Crippen LogP contribution is 2.38. The van der Waals surface area contributed by atoms with E-state index >= 15 is 0 Å². The van der Waals surface area contributed by atoms with Gasteiger partial charge in [-0.3, -0.25) is 9.59 Å². The third-order valence-corrected chi connectivity index (χ3v) is 14.2. The number of ketones is 2. The van der Waals surface area contributed by atoms with E-state index in [4.69, 9.17) is 47.4 Å². The van der Waals surface area contributed by atoms with Gasteiger partial charge in [-0.1, -0.05) is 138 Å². The quantitative estimate of drug-likeness (QED) is 0.0233. The smallest absolute Gasteiger partial charge is 0.341 e. The van der Waals surface area contributed by atoms with Gasteiger partial charge in [0.2, 0.25) is 0 Å². The Morgan fingerprint density at radius 3 is 1.15 bits per heavy atom. The van der Waals surface area contributed by atoms with E-state index < -0.39 is 24.3 Å². The van der Waals surface area contributed by atoms with E-state index in [-0.39, 0.29) is 12.4 Å². The van der Waals surface area contributed by atoms with E-state index in [0.717, 1.165) is 71.2 Å². The lowest BCUT2D eigenvalue weighted by Crippen LogP contribution is -2.11. The van der Waals surface area contributed by atoms with Crippen molar-refractivity contribution in [3.8, 4) is 57.5 Å². The first-order valence-electron chi connectivity index (χ1n) is 30.2. The number of aliphatic hydroxyl groups is 1. The molecular formula is C74H80O15. The van der Waals surface area contributed by atoms with E-state index in [2.05, 4.69) is 13.8 Å². The average molecular weight is 1210 g/mol. The number of para-hydroxylation sites is 2. The topological polar surface area (TPSA) is 181 Å². The van der Waals surface area contributed by atoms with Crippen molar-refractivity contribution in [1.29, 1.82) is 0 Å². The normalized spacial score (nSPS) is 10.7. The number of benzene rings is 8. The molecule has 0 heterocycles. The van der Waals surface area contributed by atoms with Gasteiger partial charge >= 0.3 is 11.9 Å². The van der Waals surface area contributed by atoms with Gasteiger partial charge in [0.05, 0.1) is 51.8 Å². The molecule has 89 heavy (non-hydrogen) atoms. The largest absolute Gasteiger partial charge is 0.493 e. The fourth-order valence-electron chi connectivity index (χ4n) is 9.62. The summed E-state index contributed by atoms with van der Waals surface area (Å²) in [5, 5.41) is 9.54. The van der Waals surface area contributed by atoms with Crippen LogP contribution in [-0.4, -0.2) is 75.9 Å². The summed E-state index contributed by atoms with van der Waals surface area (Å²) >= 11 is 0. The minimum atomic E-state index is -0.605. The van der Waals surface area contributed by atoms with E-state index in [1.807, 2.05) is 135 Å². The molecule has 0 aliphatic heterocycles. The van der Waals surface area contributed by atoms with E-state index in [9.17, 15) is 24.3 Å². The molecular weight excluding hydrogens is 1130 g/mol. The van der Waals surface area contributed by atoms with Crippen LogP contribution in [-0.2, 0) is 48.4 Å². The van der Waals surface area contributed by atoms with Crippen LogP contribution < -0.4 is 37.9 Å². The molecule has 1 N–H and O–H groups in total. The van der Waals surface area contributed by atoms with Crippen LogP contribution in [0, 0.1) is 0 Å². The van der Waals surface area contributed by atoms with Crippen molar-refractivity contribution in [1.82, 2.24) is 0 Å². The molecule has 0 aliphatic rings. The number of esters is 2. The molecule has 0 aromatic heterocycles. The van der Waals surface area contributed by atoms with Crippen LogP contribution in [0.1, 0.15) is 135 Å². The minimum Gasteiger partial charge on any atom is -0.493 e. The molecule has 0 unspecified atom stereocenters. The molecule has 0 radical (unpaired) electrons. The number of aliphatic hydroxyl groups excluding tert-OH is 1. The predicted molar refractivity (Wildman–Crippen MR) is 342 cm³/mol. The predicted octanol–water partition coefficient (Wildman–Crippen LogP) is 15.8. The van der Waals surface area contributed by atoms with Gasteiger partial charge in [-0.15, -0.1) is 0 Å². The van der Waals surface area contributed by atoms with Crippen molar-refractivity contribution in [2.45, 2.75) is 99.2 Å². The van der Waals surface area contributed by atoms with Crippen LogP contribution in [0.3, 0.4) is 0 Å². The Morgan fingerprint density at radius 2 is 0.753 bits per heavy atom. The Morgan fingerprint density at radius 1 is 0.382 bits per heavy atom. The van der Waals surface area contributed by atoms with Crippen molar-refractivity contribution < 1.29 is 71.7 Å². The number of hydrogen-bond acceptors (Lipinski definition) is 15. The number of Topliss-reactive ketones (excluding diaryl/α,β-unsaturated/α-hetero) is 2. The Balaban J connectivity index is 0.000000254. The highest BCUT2D eigenvalue weighted by molar-refractivity contribution is 6.00. The number of methoxy groups -OCH3 is 2. The highest BCUT2D eigenvalue weighted by Gasteiger charge is 2.21. The number of carbonyl (C=O) groups excluding carboxylic acids is 4. The second-order valence-electron chi connectivity index (χ2n) is 20.6. The lowest BCUT2D eigenvalue weighted by Gasteiger charge is -2.18. The summed E-state index contributed by atoms with van der Waals surface area (Å²) in [6.07, 6.45) is 5.84. The second kappa shape index (κ2) is 35.3. The lowest BCUT2D eigenvalue weighted by atomic mass is 10.0. The Bertz CT molecular complexity index is 3580. The second-order valence-corrected chi connectivity index (χ2v) is 20.6. The summed E-state index contributed by atoms with van der Waals surface area (Å²) in [5.74, 6) is 4.38. The van der Waals surface area contributed by atoms with Gasteiger partial charge < -0.3 is 52.5 Å². The Kier molecular flexibility index (Phi) is 26.5. The summed E-state index contributed by atoms with van der Waals surface area (Å²) < 4.78 is 59.0. The first kappa shape index (κ1) is 66.9. The summed E-state index contributed by atoms with van der Waals surface area (Å²) in [4.78, 5) is 49.4. The van der Waals surface area contributed by atoms with Crippen LogP contribution in [0.25, 0.3) is 0 Å². The number of ether oxygens (including phenoxy) is 10. The van der Waals surface area contributed by atoms with Gasteiger partial charge in [0, 0.05) is 36.1 Å². The Labute approximate surface area is 522 Å². The van der Waals surface area contributed by atoms with Gasteiger partial charge in [0.15, 0.2) is 11.6 Å². The maximum atomic E-state index is 12.5. The van der Waals surface area contributed by atoms with Crippen LogP contribution in [0.5, 0.6) is 57.5 Å². The number of rotatable bonds is 33. The molecule has 0 amide bonds. The van der Waals surface area contributed by atoms with Crippen LogP contribution in [0.4, 0.5) is 0 Å². The summed E-state index contributed by atoms with van der Waals surface area (Å²) in [5.41, 5.74) is 7.22. The number of aryl methyl sites for hydroxylation is 2. The molecule has 8 aromatic carbocycles. The van der Waals surface area contributed by atoms with Gasteiger partial charge in [-0.25, -0.2) is 9.59 Å². The molecule has 0 spiro atoms. The zero-order chi connectivity index (χ0) is 63.3. The molecule has 15 heteroatoms. The first-order valence-corrected chi connectivity index (χ1v) is 30.2. The molecule has 8 aromatic rings. The molecule has 0 atom stereocenters. The molecule has 0 saturated carbocycles. The summed E-state index contributed by atoms with van der Waals surface area (Å²) in [7, 11) is 2.69. The standard InChI is InChI=1S/C37H40O8.C37H40O7/c1-4-13-28-32(18-11-19-33(28)45-34-17-10-9-16-29(34)37(40)41-3)42-20-12-21-43-35-23-36(44-25-26-14-7-6-8-15-26)30(31(39)24-38)22-27(35)5-2;1-5-14-29-32(19-12-20-33(29)44-34-18-11-10-17-30(34)37(39)40-4)41-21-13-22-42-35-24-36(31(26(3)38)23-28(35)6-2)43-25-27-15-8-7-9-16-27/h6-11,14-19,22-23,38H,4-5,12-13,20-21,24-25H2,1-3H3;7-12,15-20,23-24H,5-6,13-14,21-22,25H2,1-4H3. The van der Waals surface area contributed by atoms with Crippen LogP contribution >= 0.6 is 0 Å². The van der Waals surface area contributed by atoms with Crippen LogP contribution in [0.2, 0.25) is 0 Å². The van der Waals surface area contributed by atoms with Gasteiger partial charge in [-0.2, -0.15) is 0 Å². The molecule has 0 saturated heterocycles. The molecule has 15 nitrogen and oxygen atoms in total. The number of hydrogen-bond donors (Lipinski definition) is 1. The first-order chi connectivity index (χ1) is 43.4. The molecule has 466 valence electrons. The van der Waals surface area contributed by atoms with Crippen molar-refractivity contribution in [3.63, 3.8) is 0 Å². The van der Waals surface area contributed by atoms with Gasteiger partial charge in [0.1, 0.15) is 88.4 Å². The zero-order valence-corrected chi connectivity index (χ0v) is 51.9. The fraction of sp³-hybridized carbons (Fsp3) is 0.297. The van der Waals surface area contributed by atoms with E-state index in [1.165, 1.54) is 14.2 Å². The van der Waals surface area contributed by atoms with Crippen molar-refractivity contribution in [2.24, 2.45) is 0 Å². The van der Waals surface area contributed by atoms with Gasteiger partial charge in [0.25, 0.3) is 0 Å². The SMILES string of the molecule is CCCc1c(OCCCOc2cc(OCc3ccccc3)c(C(=O)CO)cc2CC)cccc1Oc1ccccc1C(=O)OC.CCCc1c(OCCCOc2cc(OCc3ccccc3)c(C(C)=O)cc2CC)cccc1Oc1ccccc1C(=O)OC.